The maximum Gasteiger partial charge on any atom is 0.218 e. The number of ether oxygens (including phenoxy) is 2. The van der Waals surface area contributed by atoms with E-state index in [4.69, 9.17) is 9.47 Å². The van der Waals surface area contributed by atoms with Crippen molar-refractivity contribution in [3.8, 4) is 0 Å². The van der Waals surface area contributed by atoms with E-state index >= 15 is 0 Å². The molecular weight excluding hydrogens is 166 g/mol. The zero-order chi connectivity index (χ0) is 9.68. The van der Waals surface area contributed by atoms with Crippen LogP contribution in [-0.4, -0.2) is 38.6 Å². The highest BCUT2D eigenvalue weighted by molar-refractivity contribution is 4.77. The first kappa shape index (κ1) is 11.0. The summed E-state index contributed by atoms with van der Waals surface area (Å²) in [5, 5.41) is 0. The van der Waals surface area contributed by atoms with Crippen molar-refractivity contribution in [1.82, 2.24) is 4.90 Å². The molecule has 3 nitrogen and oxygen atoms in total. The first-order valence-corrected chi connectivity index (χ1v) is 5.11. The molecule has 1 saturated carbocycles. The number of hydrogen-bond donors (Lipinski definition) is 0. The first-order chi connectivity index (χ1) is 6.31. The van der Waals surface area contributed by atoms with Crippen LogP contribution in [0.2, 0.25) is 0 Å². The molecule has 1 rings (SSSR count). The Kier molecular flexibility index (Phi) is 4.70. The van der Waals surface area contributed by atoms with Crippen LogP contribution in [0.1, 0.15) is 26.2 Å². The van der Waals surface area contributed by atoms with Gasteiger partial charge in [-0.3, -0.25) is 4.90 Å². The molecule has 0 spiro atoms. The normalized spacial score (nSPS) is 17.3. The molecule has 0 atom stereocenters. The molecule has 0 radical (unpaired) electrons. The lowest BCUT2D eigenvalue weighted by Crippen LogP contribution is -2.39. The van der Waals surface area contributed by atoms with Gasteiger partial charge in [-0.15, -0.1) is 0 Å². The fourth-order valence-electron chi connectivity index (χ4n) is 1.60. The lowest BCUT2D eigenvalue weighted by molar-refractivity contribution is -0.197. The van der Waals surface area contributed by atoms with Gasteiger partial charge in [0.25, 0.3) is 0 Å². The summed E-state index contributed by atoms with van der Waals surface area (Å²) in [6.45, 7) is 4.37. The molecule has 0 N–H and O–H groups in total. The maximum atomic E-state index is 5.25. The van der Waals surface area contributed by atoms with E-state index in [9.17, 15) is 0 Å². The molecule has 1 aliphatic rings. The Labute approximate surface area is 81.0 Å². The summed E-state index contributed by atoms with van der Waals surface area (Å²) in [4.78, 5) is 2.28. The highest BCUT2D eigenvalue weighted by Crippen LogP contribution is 2.30. The summed E-state index contributed by atoms with van der Waals surface area (Å²) in [5.74, 6) is 0.888. The van der Waals surface area contributed by atoms with E-state index in [1.807, 2.05) is 0 Å². The highest BCUT2D eigenvalue weighted by Gasteiger charge is 2.27. The molecule has 0 unspecified atom stereocenters. The lowest BCUT2D eigenvalue weighted by Gasteiger charge is -2.28. The molecule has 13 heavy (non-hydrogen) atoms. The van der Waals surface area contributed by atoms with Crippen molar-refractivity contribution in [2.45, 2.75) is 32.6 Å². The third-order valence-electron chi connectivity index (χ3n) is 2.40. The van der Waals surface area contributed by atoms with E-state index in [2.05, 4.69) is 11.8 Å². The molecule has 0 aromatic carbocycles. The topological polar surface area (TPSA) is 21.7 Å². The smallest absolute Gasteiger partial charge is 0.218 e. The number of nitrogens with zero attached hydrogens (tertiary/aromatic N) is 1. The van der Waals surface area contributed by atoms with Gasteiger partial charge in [-0.25, -0.2) is 0 Å². The molecule has 0 saturated heterocycles. The Morgan fingerprint density at radius 2 is 1.92 bits per heavy atom. The average Bonchev–Trinajstić information content (AvgIpc) is 2.91. The minimum atomic E-state index is -0.152. The van der Waals surface area contributed by atoms with Crippen molar-refractivity contribution in [2.75, 3.05) is 27.3 Å². The molecule has 0 aliphatic heterocycles. The molecule has 1 fully saturated rings. The minimum Gasteiger partial charge on any atom is -0.343 e. The van der Waals surface area contributed by atoms with Gasteiger partial charge in [-0.05, 0) is 25.2 Å². The van der Waals surface area contributed by atoms with Crippen LogP contribution in [0.4, 0.5) is 0 Å². The van der Waals surface area contributed by atoms with Gasteiger partial charge in [0.2, 0.25) is 6.41 Å². The van der Waals surface area contributed by atoms with Crippen molar-refractivity contribution in [3.05, 3.63) is 0 Å². The fraction of sp³-hybridized carbons (Fsp3) is 1.00. The average molecular weight is 187 g/mol. The Bertz CT molecular complexity index is 133. The predicted molar refractivity (Wildman–Crippen MR) is 52.4 cm³/mol. The van der Waals surface area contributed by atoms with Crippen LogP contribution < -0.4 is 0 Å². The van der Waals surface area contributed by atoms with Crippen LogP contribution in [-0.2, 0) is 9.47 Å². The van der Waals surface area contributed by atoms with Gasteiger partial charge in [0.1, 0.15) is 0 Å². The second-order valence-electron chi connectivity index (χ2n) is 3.72. The second kappa shape index (κ2) is 5.58. The first-order valence-electron chi connectivity index (χ1n) is 5.11. The lowest BCUT2D eigenvalue weighted by atomic mass is 10.3. The van der Waals surface area contributed by atoms with E-state index in [0.29, 0.717) is 0 Å². The summed E-state index contributed by atoms with van der Waals surface area (Å²) in [6.07, 6.45) is 3.75. The van der Waals surface area contributed by atoms with Crippen LogP contribution in [0.15, 0.2) is 0 Å². The SMILES string of the molecule is CCCN(CC1CC1)C(OC)OC. The maximum absolute atomic E-state index is 5.25. The zero-order valence-electron chi connectivity index (χ0n) is 8.95. The van der Waals surface area contributed by atoms with Gasteiger partial charge in [-0.1, -0.05) is 6.92 Å². The molecule has 0 aromatic rings. The number of hydrogen-bond acceptors (Lipinski definition) is 3. The van der Waals surface area contributed by atoms with Crippen LogP contribution in [0.25, 0.3) is 0 Å². The molecule has 3 heteroatoms. The van der Waals surface area contributed by atoms with Crippen molar-refractivity contribution in [2.24, 2.45) is 5.92 Å². The van der Waals surface area contributed by atoms with Crippen molar-refractivity contribution >= 4 is 0 Å². The van der Waals surface area contributed by atoms with Crippen molar-refractivity contribution in [3.63, 3.8) is 0 Å². The van der Waals surface area contributed by atoms with Crippen molar-refractivity contribution in [1.29, 1.82) is 0 Å². The van der Waals surface area contributed by atoms with Gasteiger partial charge in [0.15, 0.2) is 0 Å². The van der Waals surface area contributed by atoms with Gasteiger partial charge < -0.3 is 9.47 Å². The Hall–Kier alpha value is -0.120. The van der Waals surface area contributed by atoms with Gasteiger partial charge >= 0.3 is 0 Å². The summed E-state index contributed by atoms with van der Waals surface area (Å²) in [5.41, 5.74) is 0. The van der Waals surface area contributed by atoms with Crippen molar-refractivity contribution < 1.29 is 9.47 Å². The van der Waals surface area contributed by atoms with Crippen LogP contribution in [0.5, 0.6) is 0 Å². The van der Waals surface area contributed by atoms with E-state index in [1.54, 1.807) is 14.2 Å². The van der Waals surface area contributed by atoms with Crippen LogP contribution >= 0.6 is 0 Å². The van der Waals surface area contributed by atoms with Gasteiger partial charge in [0, 0.05) is 27.3 Å². The molecule has 0 bridgehead atoms. The van der Waals surface area contributed by atoms with Gasteiger partial charge in [-0.2, -0.15) is 0 Å². The third kappa shape index (κ3) is 3.63. The Balaban J connectivity index is 2.32. The summed E-state index contributed by atoms with van der Waals surface area (Å²) in [7, 11) is 3.40. The Morgan fingerprint density at radius 1 is 1.31 bits per heavy atom. The third-order valence-corrected chi connectivity index (χ3v) is 2.40. The molecule has 78 valence electrons. The number of methoxy groups -OCH3 is 2. The molecular formula is C10H21NO2. The quantitative estimate of drug-likeness (QED) is 0.566. The Morgan fingerprint density at radius 3 is 2.31 bits per heavy atom. The molecule has 1 aliphatic carbocycles. The minimum absolute atomic E-state index is 0.152. The van der Waals surface area contributed by atoms with Crippen LogP contribution in [0, 0.1) is 5.92 Å². The zero-order valence-corrected chi connectivity index (χ0v) is 8.95. The second-order valence-corrected chi connectivity index (χ2v) is 3.72. The van der Waals surface area contributed by atoms with E-state index in [0.717, 1.165) is 25.4 Å². The summed E-state index contributed by atoms with van der Waals surface area (Å²) < 4.78 is 10.5. The highest BCUT2D eigenvalue weighted by atomic mass is 16.7. The largest absolute Gasteiger partial charge is 0.343 e. The van der Waals surface area contributed by atoms with E-state index in [-0.39, 0.29) is 6.41 Å². The monoisotopic (exact) mass is 187 g/mol. The molecule has 0 heterocycles. The molecule has 0 amide bonds. The van der Waals surface area contributed by atoms with E-state index < -0.39 is 0 Å². The fourth-order valence-corrected chi connectivity index (χ4v) is 1.60. The summed E-state index contributed by atoms with van der Waals surface area (Å²) in [6, 6.07) is 0. The predicted octanol–water partition coefficient (Wildman–Crippen LogP) is 1.68. The number of rotatable bonds is 7. The summed E-state index contributed by atoms with van der Waals surface area (Å²) >= 11 is 0. The molecule has 0 aromatic heterocycles. The van der Waals surface area contributed by atoms with E-state index in [1.165, 1.54) is 12.8 Å². The standard InChI is InChI=1S/C10H21NO2/c1-4-7-11(8-9-5-6-9)10(12-2)13-3/h9-10H,4-8H2,1-3H3. The van der Waals surface area contributed by atoms with Gasteiger partial charge in [0.05, 0.1) is 0 Å². The van der Waals surface area contributed by atoms with Crippen LogP contribution in [0.3, 0.4) is 0 Å².